The lowest BCUT2D eigenvalue weighted by Gasteiger charge is -2.16. The lowest BCUT2D eigenvalue weighted by molar-refractivity contribution is 0.0933. The van der Waals surface area contributed by atoms with Crippen LogP contribution in [0, 0.1) is 6.92 Å². The minimum atomic E-state index is -0.121. The molecule has 1 aromatic heterocycles. The van der Waals surface area contributed by atoms with Gasteiger partial charge in [0.15, 0.2) is 5.69 Å². The summed E-state index contributed by atoms with van der Waals surface area (Å²) in [6, 6.07) is 8.15. The number of fused-ring (bicyclic) bond motifs is 1. The Balaban J connectivity index is 1.74. The summed E-state index contributed by atoms with van der Waals surface area (Å²) in [5.41, 5.74) is 4.88. The van der Waals surface area contributed by atoms with Crippen LogP contribution in [0.15, 0.2) is 24.3 Å². The zero-order valence-electron chi connectivity index (χ0n) is 12.4. The molecule has 1 aliphatic heterocycles. The van der Waals surface area contributed by atoms with Gasteiger partial charge >= 0.3 is 0 Å². The van der Waals surface area contributed by atoms with Crippen LogP contribution in [-0.4, -0.2) is 22.6 Å². The zero-order chi connectivity index (χ0) is 14.8. The van der Waals surface area contributed by atoms with E-state index in [-0.39, 0.29) is 11.9 Å². The molecular weight excluding hydrogens is 264 g/mol. The molecule has 5 nitrogen and oxygen atoms in total. The summed E-state index contributed by atoms with van der Waals surface area (Å²) >= 11 is 0. The third-order valence-electron chi connectivity index (χ3n) is 3.95. The summed E-state index contributed by atoms with van der Waals surface area (Å²) < 4.78 is 0. The van der Waals surface area contributed by atoms with Crippen molar-refractivity contribution in [1.29, 1.82) is 0 Å². The number of benzene rings is 1. The molecule has 0 saturated carbocycles. The van der Waals surface area contributed by atoms with Gasteiger partial charge < -0.3 is 10.6 Å². The van der Waals surface area contributed by atoms with E-state index in [1.54, 1.807) is 0 Å². The lowest BCUT2D eigenvalue weighted by Crippen LogP contribution is -2.30. The zero-order valence-corrected chi connectivity index (χ0v) is 12.4. The SMILES string of the molecule is Cc1ccc(C(C)NC(=O)c2n[nH]c3c2CNCC3)cc1. The fourth-order valence-corrected chi connectivity index (χ4v) is 2.62. The van der Waals surface area contributed by atoms with Crippen LogP contribution < -0.4 is 10.6 Å². The number of carbonyl (C=O) groups is 1. The Morgan fingerprint density at radius 1 is 1.33 bits per heavy atom. The van der Waals surface area contributed by atoms with Crippen LogP contribution in [0.5, 0.6) is 0 Å². The molecule has 3 N–H and O–H groups in total. The quantitative estimate of drug-likeness (QED) is 0.805. The minimum absolute atomic E-state index is 0.0398. The van der Waals surface area contributed by atoms with E-state index in [1.807, 2.05) is 19.1 Å². The first-order chi connectivity index (χ1) is 10.1. The van der Waals surface area contributed by atoms with Crippen molar-refractivity contribution >= 4 is 5.91 Å². The maximum atomic E-state index is 12.4. The summed E-state index contributed by atoms with van der Waals surface area (Å²) in [6.07, 6.45) is 0.892. The standard InChI is InChI=1S/C16H20N4O/c1-10-3-5-12(6-4-10)11(2)18-16(21)15-13-9-17-8-7-14(13)19-20-15/h3-6,11,17H,7-9H2,1-2H3,(H,18,21)(H,19,20). The van der Waals surface area contributed by atoms with Crippen LogP contribution in [0.4, 0.5) is 0 Å². The van der Waals surface area contributed by atoms with E-state index in [1.165, 1.54) is 5.56 Å². The number of hydrogen-bond acceptors (Lipinski definition) is 3. The lowest BCUT2D eigenvalue weighted by atomic mass is 10.0. The van der Waals surface area contributed by atoms with Crippen molar-refractivity contribution in [2.75, 3.05) is 6.54 Å². The van der Waals surface area contributed by atoms with Crippen molar-refractivity contribution in [3.63, 3.8) is 0 Å². The fraction of sp³-hybridized carbons (Fsp3) is 0.375. The highest BCUT2D eigenvalue weighted by atomic mass is 16.2. The van der Waals surface area contributed by atoms with Crippen LogP contribution in [0.2, 0.25) is 0 Å². The van der Waals surface area contributed by atoms with Gasteiger partial charge in [0.25, 0.3) is 5.91 Å². The maximum Gasteiger partial charge on any atom is 0.272 e. The van der Waals surface area contributed by atoms with E-state index in [9.17, 15) is 4.79 Å². The first-order valence-corrected chi connectivity index (χ1v) is 7.29. The summed E-state index contributed by atoms with van der Waals surface area (Å²) in [6.45, 7) is 5.67. The number of aromatic amines is 1. The number of amides is 1. The Morgan fingerprint density at radius 3 is 2.86 bits per heavy atom. The second kappa shape index (κ2) is 5.69. The van der Waals surface area contributed by atoms with Crippen molar-refractivity contribution in [2.24, 2.45) is 0 Å². The maximum absolute atomic E-state index is 12.4. The molecule has 5 heteroatoms. The van der Waals surface area contributed by atoms with Gasteiger partial charge in [0, 0.05) is 30.8 Å². The summed E-state index contributed by atoms with van der Waals surface area (Å²) in [5, 5.41) is 13.5. The van der Waals surface area contributed by atoms with Crippen molar-refractivity contribution < 1.29 is 4.79 Å². The number of nitrogens with one attached hydrogen (secondary N) is 3. The molecule has 3 rings (SSSR count). The van der Waals surface area contributed by atoms with Gasteiger partial charge in [-0.05, 0) is 19.4 Å². The van der Waals surface area contributed by atoms with Crippen LogP contribution in [0.3, 0.4) is 0 Å². The third-order valence-corrected chi connectivity index (χ3v) is 3.95. The smallest absolute Gasteiger partial charge is 0.272 e. The Morgan fingerprint density at radius 2 is 2.10 bits per heavy atom. The molecule has 1 atom stereocenters. The molecule has 0 saturated heterocycles. The van der Waals surface area contributed by atoms with E-state index in [2.05, 4.69) is 39.9 Å². The second-order valence-corrected chi connectivity index (χ2v) is 5.56. The van der Waals surface area contributed by atoms with Crippen LogP contribution in [0.1, 0.15) is 45.8 Å². The minimum Gasteiger partial charge on any atom is -0.344 e. The van der Waals surface area contributed by atoms with Gasteiger partial charge in [0.2, 0.25) is 0 Å². The molecule has 21 heavy (non-hydrogen) atoms. The van der Waals surface area contributed by atoms with E-state index < -0.39 is 0 Å². The first-order valence-electron chi connectivity index (χ1n) is 7.29. The Bertz CT molecular complexity index is 645. The molecule has 0 radical (unpaired) electrons. The predicted octanol–water partition coefficient (Wildman–Crippen LogP) is 1.85. The monoisotopic (exact) mass is 284 g/mol. The van der Waals surface area contributed by atoms with Crippen molar-refractivity contribution in [2.45, 2.75) is 32.9 Å². The average Bonchev–Trinajstić information content (AvgIpc) is 2.92. The van der Waals surface area contributed by atoms with Gasteiger partial charge in [0.1, 0.15) is 0 Å². The molecule has 2 aromatic rings. The van der Waals surface area contributed by atoms with Crippen LogP contribution >= 0.6 is 0 Å². The average molecular weight is 284 g/mol. The summed E-state index contributed by atoms with van der Waals surface area (Å²) in [4.78, 5) is 12.4. The number of carbonyl (C=O) groups excluding carboxylic acids is 1. The van der Waals surface area contributed by atoms with E-state index in [4.69, 9.17) is 0 Å². The van der Waals surface area contributed by atoms with Gasteiger partial charge in [-0.2, -0.15) is 5.10 Å². The number of nitrogens with zero attached hydrogens (tertiary/aromatic N) is 1. The first kappa shape index (κ1) is 13.8. The van der Waals surface area contributed by atoms with Crippen LogP contribution in [-0.2, 0) is 13.0 Å². The largest absolute Gasteiger partial charge is 0.344 e. The molecule has 110 valence electrons. The summed E-state index contributed by atoms with van der Waals surface area (Å²) in [5.74, 6) is -0.121. The van der Waals surface area contributed by atoms with Crippen LogP contribution in [0.25, 0.3) is 0 Å². The Labute approximate surface area is 124 Å². The Kier molecular flexibility index (Phi) is 3.75. The van der Waals surface area contributed by atoms with Gasteiger partial charge in [0.05, 0.1) is 6.04 Å². The van der Waals surface area contributed by atoms with Crippen molar-refractivity contribution in [3.8, 4) is 0 Å². The van der Waals surface area contributed by atoms with Crippen molar-refractivity contribution in [1.82, 2.24) is 20.8 Å². The number of rotatable bonds is 3. The predicted molar refractivity (Wildman–Crippen MR) is 81.1 cm³/mol. The van der Waals surface area contributed by atoms with Crippen molar-refractivity contribution in [3.05, 3.63) is 52.3 Å². The molecule has 0 spiro atoms. The molecule has 1 unspecified atom stereocenters. The molecule has 1 aromatic carbocycles. The van der Waals surface area contributed by atoms with E-state index in [0.29, 0.717) is 12.2 Å². The molecule has 0 fully saturated rings. The summed E-state index contributed by atoms with van der Waals surface area (Å²) in [7, 11) is 0. The van der Waals surface area contributed by atoms with E-state index in [0.717, 1.165) is 29.8 Å². The van der Waals surface area contributed by atoms with Gasteiger partial charge in [-0.25, -0.2) is 0 Å². The highest BCUT2D eigenvalue weighted by molar-refractivity contribution is 5.94. The molecule has 0 aliphatic carbocycles. The number of aromatic nitrogens is 2. The number of H-pyrrole nitrogens is 1. The molecule has 2 heterocycles. The number of aryl methyl sites for hydroxylation is 1. The Hall–Kier alpha value is -2.14. The third kappa shape index (κ3) is 2.83. The highest BCUT2D eigenvalue weighted by Gasteiger charge is 2.22. The topological polar surface area (TPSA) is 69.8 Å². The highest BCUT2D eigenvalue weighted by Crippen LogP contribution is 2.18. The van der Waals surface area contributed by atoms with Gasteiger partial charge in [-0.1, -0.05) is 29.8 Å². The molecular formula is C16H20N4O. The van der Waals surface area contributed by atoms with Gasteiger partial charge in [-0.15, -0.1) is 0 Å². The van der Waals surface area contributed by atoms with Gasteiger partial charge in [-0.3, -0.25) is 9.89 Å². The molecule has 1 aliphatic rings. The number of hydrogen-bond donors (Lipinski definition) is 3. The second-order valence-electron chi connectivity index (χ2n) is 5.56. The fourth-order valence-electron chi connectivity index (χ4n) is 2.62. The molecule has 0 bridgehead atoms. The molecule has 1 amide bonds. The normalized spacial score (nSPS) is 15.3. The van der Waals surface area contributed by atoms with E-state index >= 15 is 0 Å².